The van der Waals surface area contributed by atoms with Crippen LogP contribution in [0.15, 0.2) is 30.3 Å². The van der Waals surface area contributed by atoms with E-state index in [2.05, 4.69) is 67.4 Å². The molecule has 1 aliphatic rings. The smallest absolute Gasteiger partial charge is 0.0107 e. The predicted octanol–water partition coefficient (Wildman–Crippen LogP) is 3.29. The van der Waals surface area contributed by atoms with E-state index in [4.69, 9.17) is 0 Å². The summed E-state index contributed by atoms with van der Waals surface area (Å²) in [5, 5.41) is 3.39. The van der Waals surface area contributed by atoms with Gasteiger partial charge in [0.2, 0.25) is 0 Å². The van der Waals surface area contributed by atoms with Crippen molar-refractivity contribution in [3.05, 3.63) is 41.5 Å². The van der Waals surface area contributed by atoms with Crippen LogP contribution in [0.3, 0.4) is 0 Å². The van der Waals surface area contributed by atoms with Gasteiger partial charge >= 0.3 is 0 Å². The Kier molecular flexibility index (Phi) is 5.38. The minimum atomic E-state index is 0.241. The summed E-state index contributed by atoms with van der Waals surface area (Å²) in [6, 6.07) is 8.94. The van der Waals surface area contributed by atoms with E-state index in [1.807, 2.05) is 0 Å². The van der Waals surface area contributed by atoms with Gasteiger partial charge in [-0.15, -0.1) is 0 Å². The first-order chi connectivity index (χ1) is 9.55. The number of nitrogens with zero attached hydrogens (tertiary/aromatic N) is 1. The Morgan fingerprint density at radius 2 is 1.75 bits per heavy atom. The second-order valence-corrected chi connectivity index (χ2v) is 6.65. The first-order valence-corrected chi connectivity index (χ1v) is 7.76. The standard InChI is InChI=1S/C18H28N2/c1-18(2,3)17-9-7-16(8-10-17)6-4-5-13-20-14-11-19-12-15-20/h4,6-10,19H,5,11-15H2,1-3H3/b6-4+. The molecule has 110 valence electrons. The summed E-state index contributed by atoms with van der Waals surface area (Å²) in [6.45, 7) is 12.6. The summed E-state index contributed by atoms with van der Waals surface area (Å²) in [5.74, 6) is 0. The number of hydrogen-bond acceptors (Lipinski definition) is 2. The summed E-state index contributed by atoms with van der Waals surface area (Å²) in [4.78, 5) is 2.53. The Balaban J connectivity index is 1.79. The lowest BCUT2D eigenvalue weighted by atomic mass is 9.87. The zero-order chi connectivity index (χ0) is 14.4. The molecule has 0 saturated carbocycles. The first-order valence-electron chi connectivity index (χ1n) is 7.76. The molecule has 1 fully saturated rings. The van der Waals surface area contributed by atoms with Crippen molar-refractivity contribution in [2.45, 2.75) is 32.6 Å². The fraction of sp³-hybridized carbons (Fsp3) is 0.556. The maximum atomic E-state index is 3.39. The Labute approximate surface area is 123 Å². The van der Waals surface area contributed by atoms with Gasteiger partial charge in [-0.3, -0.25) is 0 Å². The molecule has 1 aromatic rings. The number of hydrogen-bond donors (Lipinski definition) is 1. The maximum Gasteiger partial charge on any atom is 0.0107 e. The zero-order valence-corrected chi connectivity index (χ0v) is 13.2. The van der Waals surface area contributed by atoms with E-state index in [9.17, 15) is 0 Å². The van der Waals surface area contributed by atoms with Crippen molar-refractivity contribution in [1.82, 2.24) is 10.2 Å². The predicted molar refractivity (Wildman–Crippen MR) is 88.1 cm³/mol. The lowest BCUT2D eigenvalue weighted by Crippen LogP contribution is -2.43. The van der Waals surface area contributed by atoms with Crippen LogP contribution in [0.5, 0.6) is 0 Å². The molecular formula is C18H28N2. The highest BCUT2D eigenvalue weighted by Crippen LogP contribution is 2.22. The molecule has 2 nitrogen and oxygen atoms in total. The molecule has 20 heavy (non-hydrogen) atoms. The van der Waals surface area contributed by atoms with Crippen LogP contribution in [0.2, 0.25) is 0 Å². The van der Waals surface area contributed by atoms with Crippen LogP contribution in [0.25, 0.3) is 6.08 Å². The highest BCUT2D eigenvalue weighted by molar-refractivity contribution is 5.50. The molecule has 0 spiro atoms. The van der Waals surface area contributed by atoms with E-state index in [0.717, 1.165) is 19.5 Å². The minimum Gasteiger partial charge on any atom is -0.314 e. The van der Waals surface area contributed by atoms with Crippen molar-refractivity contribution >= 4 is 6.08 Å². The average molecular weight is 272 g/mol. The lowest BCUT2D eigenvalue weighted by molar-refractivity contribution is 0.245. The highest BCUT2D eigenvalue weighted by atomic mass is 15.2. The van der Waals surface area contributed by atoms with E-state index >= 15 is 0 Å². The number of piperazine rings is 1. The van der Waals surface area contributed by atoms with Gasteiger partial charge in [0.1, 0.15) is 0 Å². The molecule has 0 bridgehead atoms. The third-order valence-corrected chi connectivity index (χ3v) is 3.91. The monoisotopic (exact) mass is 272 g/mol. The summed E-state index contributed by atoms with van der Waals surface area (Å²) < 4.78 is 0. The van der Waals surface area contributed by atoms with Crippen molar-refractivity contribution in [2.75, 3.05) is 32.7 Å². The van der Waals surface area contributed by atoms with Crippen LogP contribution >= 0.6 is 0 Å². The molecule has 1 saturated heterocycles. The highest BCUT2D eigenvalue weighted by Gasteiger charge is 2.12. The van der Waals surface area contributed by atoms with Gasteiger partial charge in [0.25, 0.3) is 0 Å². The van der Waals surface area contributed by atoms with Crippen LogP contribution in [0, 0.1) is 0 Å². The van der Waals surface area contributed by atoms with Gasteiger partial charge in [0.15, 0.2) is 0 Å². The van der Waals surface area contributed by atoms with Gasteiger partial charge in [0, 0.05) is 32.7 Å². The molecule has 1 N–H and O–H groups in total. The van der Waals surface area contributed by atoms with Gasteiger partial charge in [-0.05, 0) is 23.0 Å². The first kappa shape index (κ1) is 15.3. The molecular weight excluding hydrogens is 244 g/mol. The lowest BCUT2D eigenvalue weighted by Gasteiger charge is -2.26. The topological polar surface area (TPSA) is 15.3 Å². The van der Waals surface area contributed by atoms with Crippen LogP contribution in [0.4, 0.5) is 0 Å². The van der Waals surface area contributed by atoms with Gasteiger partial charge < -0.3 is 10.2 Å². The Morgan fingerprint density at radius 1 is 1.10 bits per heavy atom. The molecule has 2 heteroatoms. The molecule has 0 amide bonds. The summed E-state index contributed by atoms with van der Waals surface area (Å²) >= 11 is 0. The quantitative estimate of drug-likeness (QED) is 0.905. The van der Waals surface area contributed by atoms with Crippen molar-refractivity contribution in [3.63, 3.8) is 0 Å². The van der Waals surface area contributed by atoms with Crippen LogP contribution < -0.4 is 5.32 Å². The second kappa shape index (κ2) is 7.05. The molecule has 1 aliphatic heterocycles. The molecule has 0 radical (unpaired) electrons. The Bertz CT molecular complexity index is 420. The van der Waals surface area contributed by atoms with E-state index in [1.165, 1.54) is 30.8 Å². The van der Waals surface area contributed by atoms with E-state index in [1.54, 1.807) is 0 Å². The maximum absolute atomic E-state index is 3.39. The van der Waals surface area contributed by atoms with Gasteiger partial charge in [0.05, 0.1) is 0 Å². The Morgan fingerprint density at radius 3 is 2.35 bits per heavy atom. The van der Waals surface area contributed by atoms with Crippen LogP contribution in [-0.2, 0) is 5.41 Å². The summed E-state index contributed by atoms with van der Waals surface area (Å²) in [6.07, 6.45) is 5.68. The second-order valence-electron chi connectivity index (χ2n) is 6.65. The third-order valence-electron chi connectivity index (χ3n) is 3.91. The van der Waals surface area contributed by atoms with Crippen molar-refractivity contribution in [2.24, 2.45) is 0 Å². The normalized spacial score (nSPS) is 17.8. The largest absolute Gasteiger partial charge is 0.314 e. The van der Waals surface area contributed by atoms with Crippen molar-refractivity contribution in [3.8, 4) is 0 Å². The van der Waals surface area contributed by atoms with Gasteiger partial charge in [-0.25, -0.2) is 0 Å². The third kappa shape index (κ3) is 4.77. The van der Waals surface area contributed by atoms with Gasteiger partial charge in [-0.2, -0.15) is 0 Å². The minimum absolute atomic E-state index is 0.241. The fourth-order valence-electron chi connectivity index (χ4n) is 2.51. The molecule has 0 aliphatic carbocycles. The molecule has 0 atom stereocenters. The van der Waals surface area contributed by atoms with Crippen LogP contribution in [-0.4, -0.2) is 37.6 Å². The number of rotatable bonds is 4. The van der Waals surface area contributed by atoms with Crippen molar-refractivity contribution in [1.29, 1.82) is 0 Å². The van der Waals surface area contributed by atoms with Crippen molar-refractivity contribution < 1.29 is 0 Å². The summed E-state index contributed by atoms with van der Waals surface area (Å²) in [7, 11) is 0. The van der Waals surface area contributed by atoms with E-state index < -0.39 is 0 Å². The van der Waals surface area contributed by atoms with Gasteiger partial charge in [-0.1, -0.05) is 57.2 Å². The SMILES string of the molecule is CC(C)(C)c1ccc(/C=C/CCN2CCNCC2)cc1. The molecule has 1 aromatic carbocycles. The molecule has 0 aromatic heterocycles. The fourth-order valence-corrected chi connectivity index (χ4v) is 2.51. The number of nitrogens with one attached hydrogen (secondary N) is 1. The van der Waals surface area contributed by atoms with E-state index in [-0.39, 0.29) is 5.41 Å². The molecule has 0 unspecified atom stereocenters. The molecule has 2 rings (SSSR count). The van der Waals surface area contributed by atoms with Crippen LogP contribution in [0.1, 0.15) is 38.3 Å². The Hall–Kier alpha value is -1.12. The molecule has 1 heterocycles. The van der Waals surface area contributed by atoms with E-state index in [0.29, 0.717) is 0 Å². The zero-order valence-electron chi connectivity index (χ0n) is 13.2. The summed E-state index contributed by atoms with van der Waals surface area (Å²) in [5.41, 5.74) is 2.94. The number of benzene rings is 1. The average Bonchev–Trinajstić information content (AvgIpc) is 2.44.